The fraction of sp³-hybridized carbons (Fsp3) is 0.889. The molecule has 0 aromatic carbocycles. The standard InChI is InChI=1S/C18H35N5O.HI/c1-18(2,3)16(24)20-8-9-21-17(19-4)23-12-7-15(14-23)13-22-10-5-6-11-22;/h15H,5-14H2,1-4H3,(H,19,21)(H,20,24);1H. The Balaban J connectivity index is 0.00000312. The van der Waals surface area contributed by atoms with Gasteiger partial charge < -0.3 is 20.4 Å². The number of hydrogen-bond donors (Lipinski definition) is 2. The Morgan fingerprint density at radius 3 is 2.36 bits per heavy atom. The monoisotopic (exact) mass is 465 g/mol. The van der Waals surface area contributed by atoms with Gasteiger partial charge >= 0.3 is 0 Å². The van der Waals surface area contributed by atoms with Crippen LogP contribution in [0.25, 0.3) is 0 Å². The van der Waals surface area contributed by atoms with Crippen LogP contribution in [0.5, 0.6) is 0 Å². The fourth-order valence-electron chi connectivity index (χ4n) is 3.45. The number of aliphatic imine (C=N–C) groups is 1. The summed E-state index contributed by atoms with van der Waals surface area (Å²) in [4.78, 5) is 21.2. The highest BCUT2D eigenvalue weighted by Gasteiger charge is 2.27. The van der Waals surface area contributed by atoms with E-state index in [9.17, 15) is 4.79 Å². The molecule has 2 fully saturated rings. The van der Waals surface area contributed by atoms with Crippen molar-refractivity contribution in [3.8, 4) is 0 Å². The average molecular weight is 465 g/mol. The zero-order valence-electron chi connectivity index (χ0n) is 16.3. The first-order valence-electron chi connectivity index (χ1n) is 9.36. The smallest absolute Gasteiger partial charge is 0.225 e. The zero-order chi connectivity index (χ0) is 17.6. The van der Waals surface area contributed by atoms with Crippen molar-refractivity contribution in [1.82, 2.24) is 20.4 Å². The first kappa shape index (κ1) is 22.5. The van der Waals surface area contributed by atoms with Crippen molar-refractivity contribution in [1.29, 1.82) is 0 Å². The first-order chi connectivity index (χ1) is 11.4. The topological polar surface area (TPSA) is 60.0 Å². The number of nitrogens with zero attached hydrogens (tertiary/aromatic N) is 3. The van der Waals surface area contributed by atoms with Crippen LogP contribution in [0.1, 0.15) is 40.0 Å². The van der Waals surface area contributed by atoms with E-state index >= 15 is 0 Å². The molecule has 0 aliphatic carbocycles. The molecule has 0 saturated carbocycles. The molecule has 1 unspecified atom stereocenters. The van der Waals surface area contributed by atoms with E-state index in [2.05, 4.69) is 25.4 Å². The van der Waals surface area contributed by atoms with Gasteiger partial charge in [-0.3, -0.25) is 9.79 Å². The van der Waals surface area contributed by atoms with Gasteiger partial charge in [0.25, 0.3) is 0 Å². The molecule has 2 aliphatic rings. The molecule has 0 radical (unpaired) electrons. The Labute approximate surface area is 170 Å². The van der Waals surface area contributed by atoms with E-state index in [0.717, 1.165) is 25.0 Å². The van der Waals surface area contributed by atoms with Crippen LogP contribution in [0.4, 0.5) is 0 Å². The predicted octanol–water partition coefficient (Wildman–Crippen LogP) is 1.76. The Morgan fingerprint density at radius 2 is 1.76 bits per heavy atom. The van der Waals surface area contributed by atoms with Gasteiger partial charge in [-0.25, -0.2) is 0 Å². The fourth-order valence-corrected chi connectivity index (χ4v) is 3.45. The van der Waals surface area contributed by atoms with Crippen LogP contribution >= 0.6 is 24.0 Å². The number of carbonyl (C=O) groups excluding carboxylic acids is 1. The molecule has 25 heavy (non-hydrogen) atoms. The number of likely N-dealkylation sites (tertiary alicyclic amines) is 2. The van der Waals surface area contributed by atoms with Crippen molar-refractivity contribution in [3.63, 3.8) is 0 Å². The van der Waals surface area contributed by atoms with Gasteiger partial charge in [0.05, 0.1) is 0 Å². The van der Waals surface area contributed by atoms with Crippen molar-refractivity contribution in [2.45, 2.75) is 40.0 Å². The zero-order valence-corrected chi connectivity index (χ0v) is 18.6. The third kappa shape index (κ3) is 7.29. The molecule has 2 N–H and O–H groups in total. The first-order valence-corrected chi connectivity index (χ1v) is 9.36. The molecule has 0 bridgehead atoms. The van der Waals surface area contributed by atoms with E-state index in [1.165, 1.54) is 38.9 Å². The minimum atomic E-state index is -0.334. The van der Waals surface area contributed by atoms with E-state index in [4.69, 9.17) is 0 Å². The highest BCUT2D eigenvalue weighted by atomic mass is 127. The van der Waals surface area contributed by atoms with Crippen LogP contribution in [-0.2, 0) is 4.79 Å². The second-order valence-corrected chi connectivity index (χ2v) is 8.09. The van der Waals surface area contributed by atoms with Gasteiger partial charge in [-0.2, -0.15) is 0 Å². The van der Waals surface area contributed by atoms with Crippen LogP contribution in [0.15, 0.2) is 4.99 Å². The summed E-state index contributed by atoms with van der Waals surface area (Å²) in [5.41, 5.74) is -0.334. The van der Waals surface area contributed by atoms with E-state index < -0.39 is 0 Å². The van der Waals surface area contributed by atoms with E-state index in [1.54, 1.807) is 0 Å². The van der Waals surface area contributed by atoms with Gasteiger partial charge in [0.2, 0.25) is 5.91 Å². The molecule has 2 saturated heterocycles. The molecule has 1 amide bonds. The minimum absolute atomic E-state index is 0. The molecule has 1 atom stereocenters. The van der Waals surface area contributed by atoms with Crippen molar-refractivity contribution < 1.29 is 4.79 Å². The van der Waals surface area contributed by atoms with Crippen LogP contribution in [-0.4, -0.2) is 74.5 Å². The maximum Gasteiger partial charge on any atom is 0.225 e. The molecule has 0 aromatic rings. The summed E-state index contributed by atoms with van der Waals surface area (Å²) in [7, 11) is 1.84. The number of rotatable bonds is 5. The van der Waals surface area contributed by atoms with Gasteiger partial charge in [0.1, 0.15) is 0 Å². The number of amides is 1. The lowest BCUT2D eigenvalue weighted by atomic mass is 9.96. The van der Waals surface area contributed by atoms with Gasteiger partial charge in [-0.1, -0.05) is 20.8 Å². The maximum atomic E-state index is 11.9. The maximum absolute atomic E-state index is 11.9. The number of halogens is 1. The third-order valence-corrected chi connectivity index (χ3v) is 4.89. The van der Waals surface area contributed by atoms with Crippen molar-refractivity contribution in [2.24, 2.45) is 16.3 Å². The summed E-state index contributed by atoms with van der Waals surface area (Å²) in [6.45, 7) is 13.1. The molecule has 146 valence electrons. The molecular formula is C18H36IN5O. The van der Waals surface area contributed by atoms with Gasteiger partial charge in [0.15, 0.2) is 5.96 Å². The van der Waals surface area contributed by atoms with Crippen LogP contribution < -0.4 is 10.6 Å². The summed E-state index contributed by atoms with van der Waals surface area (Å²) in [5, 5.41) is 6.35. The van der Waals surface area contributed by atoms with Gasteiger partial charge in [-0.05, 0) is 38.3 Å². The third-order valence-electron chi connectivity index (χ3n) is 4.89. The molecule has 6 nitrogen and oxygen atoms in total. The lowest BCUT2D eigenvalue weighted by Gasteiger charge is -2.24. The normalized spacial score (nSPS) is 22.0. The number of carbonyl (C=O) groups is 1. The van der Waals surface area contributed by atoms with Crippen molar-refractivity contribution in [3.05, 3.63) is 0 Å². The molecule has 2 heterocycles. The van der Waals surface area contributed by atoms with Crippen LogP contribution in [0.2, 0.25) is 0 Å². The second-order valence-electron chi connectivity index (χ2n) is 8.09. The molecule has 0 aromatic heterocycles. The van der Waals surface area contributed by atoms with E-state index in [-0.39, 0.29) is 35.3 Å². The Hall–Kier alpha value is -0.570. The van der Waals surface area contributed by atoms with E-state index in [0.29, 0.717) is 13.1 Å². The summed E-state index contributed by atoms with van der Waals surface area (Å²) < 4.78 is 0. The molecule has 2 rings (SSSR count). The molecule has 0 spiro atoms. The van der Waals surface area contributed by atoms with Crippen LogP contribution in [0.3, 0.4) is 0 Å². The van der Waals surface area contributed by atoms with E-state index in [1.807, 2.05) is 27.8 Å². The van der Waals surface area contributed by atoms with Gasteiger partial charge in [-0.15, -0.1) is 24.0 Å². The number of guanidine groups is 1. The van der Waals surface area contributed by atoms with Crippen LogP contribution in [0, 0.1) is 11.3 Å². The Kier molecular flexibility index (Phi) is 9.48. The van der Waals surface area contributed by atoms with Crippen molar-refractivity contribution in [2.75, 3.05) is 52.9 Å². The quantitative estimate of drug-likeness (QED) is 0.281. The SMILES string of the molecule is CN=C(NCCNC(=O)C(C)(C)C)N1CCC(CN2CCCC2)C1.I. The van der Waals surface area contributed by atoms with Crippen molar-refractivity contribution >= 4 is 35.8 Å². The Morgan fingerprint density at radius 1 is 1.12 bits per heavy atom. The molecule has 7 heteroatoms. The lowest BCUT2D eigenvalue weighted by molar-refractivity contribution is -0.128. The highest BCUT2D eigenvalue weighted by molar-refractivity contribution is 14.0. The molecule has 2 aliphatic heterocycles. The molecular weight excluding hydrogens is 429 g/mol. The number of hydrogen-bond acceptors (Lipinski definition) is 3. The largest absolute Gasteiger partial charge is 0.354 e. The van der Waals surface area contributed by atoms with Gasteiger partial charge in [0, 0.05) is 45.2 Å². The summed E-state index contributed by atoms with van der Waals surface area (Å²) in [6, 6.07) is 0. The highest BCUT2D eigenvalue weighted by Crippen LogP contribution is 2.19. The summed E-state index contributed by atoms with van der Waals surface area (Å²) >= 11 is 0. The second kappa shape index (κ2) is 10.5. The minimum Gasteiger partial charge on any atom is -0.354 e. The average Bonchev–Trinajstić information content (AvgIpc) is 3.18. The Bertz CT molecular complexity index is 443. The lowest BCUT2D eigenvalue weighted by Crippen LogP contribution is -2.45. The summed E-state index contributed by atoms with van der Waals surface area (Å²) in [6.07, 6.45) is 3.97. The predicted molar refractivity (Wildman–Crippen MR) is 115 cm³/mol. The summed E-state index contributed by atoms with van der Waals surface area (Å²) in [5.74, 6) is 1.80. The number of nitrogens with one attached hydrogen (secondary N) is 2.